The Labute approximate surface area is 312 Å². The minimum absolute atomic E-state index is 0.00247. The van der Waals surface area contributed by atoms with Gasteiger partial charge in [-0.2, -0.15) is 9.97 Å². The largest absolute Gasteiger partial charge is 0.508 e. The molecule has 5 heterocycles. The second-order valence-electron chi connectivity index (χ2n) is 15.5. The van der Waals surface area contributed by atoms with Crippen LogP contribution in [0.2, 0.25) is 5.02 Å². The Morgan fingerprint density at radius 3 is 2.43 bits per heavy atom. The van der Waals surface area contributed by atoms with Crippen molar-refractivity contribution in [3.63, 3.8) is 0 Å². The third-order valence-corrected chi connectivity index (χ3v) is 11.2. The van der Waals surface area contributed by atoms with Gasteiger partial charge < -0.3 is 24.2 Å². The van der Waals surface area contributed by atoms with Crippen molar-refractivity contribution in [3.8, 4) is 35.2 Å². The number of phenolic OH excluding ortho intramolecular Hbond substituents is 1. The topological polar surface area (TPSA) is 100 Å². The normalized spacial score (nSPS) is 22.8. The van der Waals surface area contributed by atoms with Crippen molar-refractivity contribution in [1.29, 1.82) is 0 Å². The van der Waals surface area contributed by atoms with Crippen molar-refractivity contribution >= 4 is 45.2 Å². The van der Waals surface area contributed by atoms with Gasteiger partial charge >= 0.3 is 12.1 Å². The molecule has 8 rings (SSSR count). The lowest BCUT2D eigenvalue weighted by Gasteiger charge is -2.42. The molecule has 4 atom stereocenters. The SMILES string of the molecule is C#Cc1c(F)ccc2cc(O)cc(-c3c(Cl)cc4c(N5CC6CCC(C5)N6C(=O)OC(C)(C)C)nc(OCCCN5C6CCC5COC6)nc4c3F)c12. The maximum absolute atomic E-state index is 17.2. The minimum atomic E-state index is -0.791. The van der Waals surface area contributed by atoms with E-state index < -0.39 is 17.2 Å². The number of benzene rings is 3. The lowest BCUT2D eigenvalue weighted by molar-refractivity contribution is -0.0161. The molecule has 53 heavy (non-hydrogen) atoms. The Morgan fingerprint density at radius 1 is 1.06 bits per heavy atom. The summed E-state index contributed by atoms with van der Waals surface area (Å²) in [6.07, 6.45) is 9.92. The molecule has 4 fully saturated rings. The summed E-state index contributed by atoms with van der Waals surface area (Å²) >= 11 is 6.93. The molecule has 0 aliphatic carbocycles. The Kier molecular flexibility index (Phi) is 9.24. The Bertz CT molecular complexity index is 2120. The van der Waals surface area contributed by atoms with Gasteiger partial charge in [0.05, 0.1) is 42.5 Å². The summed E-state index contributed by atoms with van der Waals surface area (Å²) in [5.74, 6) is 1.20. The number of halogens is 3. The van der Waals surface area contributed by atoms with Gasteiger partial charge in [0.15, 0.2) is 5.82 Å². The fourth-order valence-electron chi connectivity index (χ4n) is 8.65. The van der Waals surface area contributed by atoms with E-state index in [4.69, 9.17) is 37.2 Å². The Balaban J connectivity index is 1.18. The van der Waals surface area contributed by atoms with Crippen LogP contribution in [-0.2, 0) is 9.47 Å². The van der Waals surface area contributed by atoms with Gasteiger partial charge in [-0.15, -0.1) is 6.42 Å². The van der Waals surface area contributed by atoms with Crippen molar-refractivity contribution in [2.45, 2.75) is 82.6 Å². The Morgan fingerprint density at radius 2 is 1.75 bits per heavy atom. The van der Waals surface area contributed by atoms with E-state index >= 15 is 8.78 Å². The second kappa shape index (κ2) is 13.8. The van der Waals surface area contributed by atoms with Crippen LogP contribution in [0.25, 0.3) is 32.8 Å². The number of phenols is 1. The third-order valence-electron chi connectivity index (χ3n) is 10.9. The number of morpholine rings is 1. The van der Waals surface area contributed by atoms with Crippen LogP contribution in [0.1, 0.15) is 58.4 Å². The van der Waals surface area contributed by atoms with Crippen LogP contribution in [0.5, 0.6) is 11.8 Å². The molecular formula is C40H42ClF2N5O5. The van der Waals surface area contributed by atoms with Crippen molar-refractivity contribution < 1.29 is 32.9 Å². The molecule has 1 N–H and O–H groups in total. The van der Waals surface area contributed by atoms with Crippen LogP contribution in [-0.4, -0.2) is 100 Å². The molecule has 4 aliphatic rings. The predicted octanol–water partition coefficient (Wildman–Crippen LogP) is 7.29. The number of piperazine rings is 1. The average molecular weight is 746 g/mol. The van der Waals surface area contributed by atoms with Crippen LogP contribution in [0, 0.1) is 24.0 Å². The standard InChI is InChI=1S/C40H42ClF2N5O5/c1-5-28-32(42)12-7-22-15-27(49)16-29(33(22)28)34-31(41)17-30-36(35(34)43)44-38(52-14-6-13-47-25-10-11-26(47)21-51-20-25)45-37(30)46-18-23-8-9-24(19-46)48(23)39(50)53-40(2,3)4/h1,7,12,15-17,23-26,49H,6,8-11,13-14,18-21H2,2-4H3. The molecular weight excluding hydrogens is 704 g/mol. The maximum Gasteiger partial charge on any atom is 0.410 e. The molecule has 4 saturated heterocycles. The van der Waals surface area contributed by atoms with Crippen LogP contribution in [0.15, 0.2) is 30.3 Å². The molecule has 13 heteroatoms. The molecule has 4 bridgehead atoms. The number of carbonyl (C=O) groups excluding carboxylic acids is 1. The number of hydrogen-bond acceptors (Lipinski definition) is 9. The van der Waals surface area contributed by atoms with Crippen LogP contribution >= 0.6 is 11.6 Å². The van der Waals surface area contributed by atoms with E-state index in [0.717, 1.165) is 45.4 Å². The molecule has 4 unspecified atom stereocenters. The number of aromatic nitrogens is 2. The summed E-state index contributed by atoms with van der Waals surface area (Å²) in [5.41, 5.74) is -0.719. The number of terminal acetylenes is 1. The van der Waals surface area contributed by atoms with Crippen LogP contribution < -0.4 is 9.64 Å². The van der Waals surface area contributed by atoms with E-state index in [0.29, 0.717) is 54.8 Å². The monoisotopic (exact) mass is 745 g/mol. The molecule has 0 spiro atoms. The summed E-state index contributed by atoms with van der Waals surface area (Å²) in [5, 5.41) is 11.7. The number of rotatable bonds is 7. The molecule has 10 nitrogen and oxygen atoms in total. The van der Waals surface area contributed by atoms with Crippen LogP contribution in [0.4, 0.5) is 19.4 Å². The van der Waals surface area contributed by atoms with E-state index in [-0.39, 0.29) is 62.6 Å². The molecule has 0 saturated carbocycles. The van der Waals surface area contributed by atoms with E-state index in [1.54, 1.807) is 6.07 Å². The van der Waals surface area contributed by atoms with Gasteiger partial charge in [-0.3, -0.25) is 9.80 Å². The molecule has 0 radical (unpaired) electrons. The number of hydrogen-bond donors (Lipinski definition) is 1. The zero-order valence-corrected chi connectivity index (χ0v) is 30.8. The van der Waals surface area contributed by atoms with Crippen molar-refractivity contribution in [2.24, 2.45) is 0 Å². The summed E-state index contributed by atoms with van der Waals surface area (Å²) in [6, 6.07) is 7.59. The summed E-state index contributed by atoms with van der Waals surface area (Å²) in [4.78, 5) is 29.0. The number of nitrogens with zero attached hydrogens (tertiary/aromatic N) is 5. The first kappa shape index (κ1) is 35.6. The molecule has 4 aliphatic heterocycles. The first-order valence-electron chi connectivity index (χ1n) is 18.2. The minimum Gasteiger partial charge on any atom is -0.508 e. The van der Waals surface area contributed by atoms with Gasteiger partial charge in [0, 0.05) is 48.1 Å². The van der Waals surface area contributed by atoms with Gasteiger partial charge in [0.2, 0.25) is 0 Å². The summed E-state index contributed by atoms with van der Waals surface area (Å²) < 4.78 is 49.8. The van der Waals surface area contributed by atoms with Gasteiger partial charge in [-0.1, -0.05) is 23.6 Å². The maximum atomic E-state index is 17.2. The zero-order valence-electron chi connectivity index (χ0n) is 30.0. The quantitative estimate of drug-likeness (QED) is 0.155. The predicted molar refractivity (Wildman–Crippen MR) is 199 cm³/mol. The van der Waals surface area contributed by atoms with Gasteiger partial charge in [0.25, 0.3) is 0 Å². The highest BCUT2D eigenvalue weighted by Gasteiger charge is 2.45. The zero-order chi connectivity index (χ0) is 37.2. The number of amides is 1. The van der Waals surface area contributed by atoms with Crippen molar-refractivity contribution in [2.75, 3.05) is 44.4 Å². The fourth-order valence-corrected chi connectivity index (χ4v) is 8.95. The first-order chi connectivity index (χ1) is 25.4. The van der Waals surface area contributed by atoms with Gasteiger partial charge in [-0.25, -0.2) is 13.6 Å². The molecule has 1 amide bonds. The third kappa shape index (κ3) is 6.57. The van der Waals surface area contributed by atoms with E-state index in [1.807, 2.05) is 30.6 Å². The van der Waals surface area contributed by atoms with E-state index in [1.165, 1.54) is 24.3 Å². The molecule has 1 aromatic heterocycles. The van der Waals surface area contributed by atoms with Gasteiger partial charge in [-0.05, 0) is 88.1 Å². The lowest BCUT2D eigenvalue weighted by Crippen LogP contribution is -2.57. The van der Waals surface area contributed by atoms with Crippen LogP contribution in [0.3, 0.4) is 0 Å². The van der Waals surface area contributed by atoms with Crippen molar-refractivity contribution in [3.05, 3.63) is 52.6 Å². The van der Waals surface area contributed by atoms with E-state index in [2.05, 4.69) is 15.8 Å². The number of fused-ring (bicyclic) bond motifs is 6. The fraction of sp³-hybridized carbons (Fsp3) is 0.475. The summed E-state index contributed by atoms with van der Waals surface area (Å²) in [6.45, 7) is 9.04. The molecule has 278 valence electrons. The number of carbonyl (C=O) groups is 1. The highest BCUT2D eigenvalue weighted by molar-refractivity contribution is 6.35. The van der Waals surface area contributed by atoms with Gasteiger partial charge in [0.1, 0.15) is 28.5 Å². The average Bonchev–Trinajstić information content (AvgIpc) is 3.49. The first-order valence-corrected chi connectivity index (χ1v) is 18.6. The van der Waals surface area contributed by atoms with E-state index in [9.17, 15) is 9.90 Å². The smallest absolute Gasteiger partial charge is 0.410 e. The highest BCUT2D eigenvalue weighted by Crippen LogP contribution is 2.44. The molecule has 4 aromatic rings. The van der Waals surface area contributed by atoms with Crippen molar-refractivity contribution in [1.82, 2.24) is 19.8 Å². The number of aromatic hydroxyl groups is 1. The number of anilines is 1. The highest BCUT2D eigenvalue weighted by atomic mass is 35.5. The second-order valence-corrected chi connectivity index (χ2v) is 15.9. The number of ether oxygens (including phenoxy) is 3. The lowest BCUT2D eigenvalue weighted by atomic mass is 9.93. The summed E-state index contributed by atoms with van der Waals surface area (Å²) in [7, 11) is 0. The molecule has 3 aromatic carbocycles. The Hall–Kier alpha value is -4.44.